The maximum absolute atomic E-state index is 10.7. The summed E-state index contributed by atoms with van der Waals surface area (Å²) in [5, 5.41) is 13.7. The molecule has 0 saturated carbocycles. The molecule has 0 unspecified atom stereocenters. The molecule has 8 heteroatoms. The Bertz CT molecular complexity index is 399. The van der Waals surface area contributed by atoms with Crippen molar-refractivity contribution in [1.82, 2.24) is 4.98 Å². The number of hydrogen-bond donors (Lipinski definition) is 3. The first-order chi connectivity index (χ1) is 8.67. The topological polar surface area (TPSA) is 115 Å². The van der Waals surface area contributed by atoms with Gasteiger partial charge in [-0.05, 0) is 12.8 Å². The number of pyridine rings is 1. The molecule has 4 N–H and O–H groups in total. The van der Waals surface area contributed by atoms with Gasteiger partial charge in [-0.25, -0.2) is 10.8 Å². The zero-order valence-electron chi connectivity index (χ0n) is 10.2. The Balaban J connectivity index is 2.58. The van der Waals surface area contributed by atoms with E-state index in [-0.39, 0.29) is 11.5 Å². The fraction of sp³-hybridized carbons (Fsp3) is 0.500. The highest BCUT2D eigenvalue weighted by atomic mass is 16.6. The summed E-state index contributed by atoms with van der Waals surface area (Å²) < 4.78 is 4.92. The number of nitrogens with zero attached hydrogens (tertiary/aromatic N) is 2. The lowest BCUT2D eigenvalue weighted by molar-refractivity contribution is -0.384. The molecule has 8 nitrogen and oxygen atoms in total. The van der Waals surface area contributed by atoms with E-state index in [1.54, 1.807) is 7.11 Å². The minimum Gasteiger partial charge on any atom is -0.385 e. The normalized spacial score (nSPS) is 10.1. The fourth-order valence-electron chi connectivity index (χ4n) is 1.37. The Kier molecular flexibility index (Phi) is 5.81. The number of nitrogen functional groups attached to an aromatic ring is 1. The van der Waals surface area contributed by atoms with Gasteiger partial charge in [-0.3, -0.25) is 10.1 Å². The van der Waals surface area contributed by atoms with Crippen LogP contribution in [0.15, 0.2) is 12.1 Å². The van der Waals surface area contributed by atoms with E-state index in [4.69, 9.17) is 10.6 Å². The summed E-state index contributed by atoms with van der Waals surface area (Å²) in [5.41, 5.74) is 2.24. The lowest BCUT2D eigenvalue weighted by Crippen LogP contribution is -2.11. The molecule has 1 heterocycles. The zero-order valence-corrected chi connectivity index (χ0v) is 10.2. The van der Waals surface area contributed by atoms with Crippen molar-refractivity contribution >= 4 is 17.3 Å². The molecule has 0 radical (unpaired) electrons. The number of nitrogens with two attached hydrogens (primary N) is 1. The number of rotatable bonds is 8. The van der Waals surface area contributed by atoms with Gasteiger partial charge in [0.1, 0.15) is 11.6 Å². The van der Waals surface area contributed by atoms with Crippen LogP contribution < -0.4 is 16.6 Å². The summed E-state index contributed by atoms with van der Waals surface area (Å²) >= 11 is 0. The van der Waals surface area contributed by atoms with Gasteiger partial charge in [0.2, 0.25) is 0 Å². The number of methoxy groups -OCH3 is 1. The van der Waals surface area contributed by atoms with E-state index < -0.39 is 4.92 Å². The van der Waals surface area contributed by atoms with Crippen molar-refractivity contribution in [3.63, 3.8) is 0 Å². The number of nitrogens with one attached hydrogen (secondary N) is 2. The van der Waals surface area contributed by atoms with Crippen LogP contribution >= 0.6 is 0 Å². The molecule has 0 spiro atoms. The van der Waals surface area contributed by atoms with E-state index in [0.717, 1.165) is 12.8 Å². The van der Waals surface area contributed by atoms with E-state index >= 15 is 0 Å². The Hall–Kier alpha value is -1.93. The summed E-state index contributed by atoms with van der Waals surface area (Å²) in [6, 6.07) is 2.65. The molecule has 0 amide bonds. The van der Waals surface area contributed by atoms with Gasteiger partial charge >= 0.3 is 0 Å². The van der Waals surface area contributed by atoms with Crippen LogP contribution in [0.25, 0.3) is 0 Å². The Morgan fingerprint density at radius 1 is 1.44 bits per heavy atom. The van der Waals surface area contributed by atoms with E-state index in [1.165, 1.54) is 12.1 Å². The maximum Gasteiger partial charge on any atom is 0.276 e. The minimum atomic E-state index is -0.487. The van der Waals surface area contributed by atoms with Crippen LogP contribution in [0.2, 0.25) is 0 Å². The molecule has 0 aliphatic heterocycles. The number of unbranched alkanes of at least 4 members (excludes halogenated alkanes) is 1. The maximum atomic E-state index is 10.7. The number of ether oxygens (including phenoxy) is 1. The van der Waals surface area contributed by atoms with Crippen LogP contribution in [0.3, 0.4) is 0 Å². The van der Waals surface area contributed by atoms with Crippen molar-refractivity contribution < 1.29 is 9.66 Å². The molecule has 100 valence electrons. The number of hydrogen-bond acceptors (Lipinski definition) is 7. The third-order valence-corrected chi connectivity index (χ3v) is 2.25. The van der Waals surface area contributed by atoms with Crippen LogP contribution in [-0.2, 0) is 4.74 Å². The molecule has 0 saturated heterocycles. The van der Waals surface area contributed by atoms with E-state index in [1.807, 2.05) is 0 Å². The largest absolute Gasteiger partial charge is 0.385 e. The third-order valence-electron chi connectivity index (χ3n) is 2.25. The highest BCUT2D eigenvalue weighted by Crippen LogP contribution is 2.19. The standard InChI is InChI=1S/C10H17N5O3/c1-18-5-3-2-4-12-9-6-8(15(16)17)7-10(13-9)14-11/h6-7H,2-5,11H2,1H3,(H2,12,13,14). The number of aromatic nitrogens is 1. The van der Waals surface area contributed by atoms with Gasteiger partial charge in [0.25, 0.3) is 5.69 Å². The summed E-state index contributed by atoms with van der Waals surface area (Å²) in [4.78, 5) is 14.3. The highest BCUT2D eigenvalue weighted by Gasteiger charge is 2.10. The van der Waals surface area contributed by atoms with E-state index in [9.17, 15) is 10.1 Å². The monoisotopic (exact) mass is 255 g/mol. The Labute approximate surface area is 105 Å². The molecule has 18 heavy (non-hydrogen) atoms. The smallest absolute Gasteiger partial charge is 0.276 e. The van der Waals surface area contributed by atoms with Crippen LogP contribution in [0, 0.1) is 10.1 Å². The van der Waals surface area contributed by atoms with Crippen molar-refractivity contribution in [2.75, 3.05) is 31.0 Å². The van der Waals surface area contributed by atoms with E-state index in [0.29, 0.717) is 19.0 Å². The number of nitro groups is 1. The molecule has 0 aliphatic carbocycles. The van der Waals surface area contributed by atoms with Gasteiger partial charge in [-0.2, -0.15) is 0 Å². The molecule has 1 aromatic rings. The predicted molar refractivity (Wildman–Crippen MR) is 68.3 cm³/mol. The van der Waals surface area contributed by atoms with Gasteiger partial charge in [-0.1, -0.05) is 0 Å². The average molecular weight is 255 g/mol. The van der Waals surface area contributed by atoms with Gasteiger partial charge in [0.05, 0.1) is 17.1 Å². The van der Waals surface area contributed by atoms with Crippen molar-refractivity contribution in [3.8, 4) is 0 Å². The minimum absolute atomic E-state index is 0.0580. The quantitative estimate of drug-likeness (QED) is 0.276. The molecular formula is C10H17N5O3. The Morgan fingerprint density at radius 3 is 2.78 bits per heavy atom. The molecular weight excluding hydrogens is 238 g/mol. The molecule has 0 aromatic carbocycles. The Morgan fingerprint density at radius 2 is 2.17 bits per heavy atom. The second-order valence-electron chi connectivity index (χ2n) is 3.62. The van der Waals surface area contributed by atoms with Crippen molar-refractivity contribution in [2.24, 2.45) is 5.84 Å². The zero-order chi connectivity index (χ0) is 13.4. The third kappa shape index (κ3) is 4.52. The van der Waals surface area contributed by atoms with Crippen LogP contribution in [0.1, 0.15) is 12.8 Å². The van der Waals surface area contributed by atoms with Crippen molar-refractivity contribution in [3.05, 3.63) is 22.2 Å². The van der Waals surface area contributed by atoms with E-state index in [2.05, 4.69) is 15.7 Å². The van der Waals surface area contributed by atoms with Crippen LogP contribution in [0.5, 0.6) is 0 Å². The lowest BCUT2D eigenvalue weighted by Gasteiger charge is -2.07. The van der Waals surface area contributed by atoms with Gasteiger partial charge in [0, 0.05) is 20.3 Å². The highest BCUT2D eigenvalue weighted by molar-refractivity contribution is 5.54. The molecule has 1 aromatic heterocycles. The summed E-state index contributed by atoms with van der Waals surface area (Å²) in [7, 11) is 1.65. The molecule has 1 rings (SSSR count). The number of hydrazine groups is 1. The first-order valence-electron chi connectivity index (χ1n) is 5.53. The van der Waals surface area contributed by atoms with Crippen LogP contribution in [0.4, 0.5) is 17.3 Å². The molecule has 0 bridgehead atoms. The van der Waals surface area contributed by atoms with Crippen molar-refractivity contribution in [2.45, 2.75) is 12.8 Å². The second kappa shape index (κ2) is 7.41. The number of anilines is 2. The van der Waals surface area contributed by atoms with Crippen LogP contribution in [-0.4, -0.2) is 30.2 Å². The predicted octanol–water partition coefficient (Wildman–Crippen LogP) is 1.11. The van der Waals surface area contributed by atoms with Gasteiger partial charge in [0.15, 0.2) is 0 Å². The fourth-order valence-corrected chi connectivity index (χ4v) is 1.37. The molecule has 0 atom stereocenters. The molecule has 0 fully saturated rings. The summed E-state index contributed by atoms with van der Waals surface area (Å²) in [5.74, 6) is 5.88. The first-order valence-corrected chi connectivity index (χ1v) is 5.53. The molecule has 0 aliphatic rings. The first kappa shape index (κ1) is 14.1. The summed E-state index contributed by atoms with van der Waals surface area (Å²) in [6.07, 6.45) is 1.81. The summed E-state index contributed by atoms with van der Waals surface area (Å²) in [6.45, 7) is 1.36. The second-order valence-corrected chi connectivity index (χ2v) is 3.62. The van der Waals surface area contributed by atoms with Gasteiger partial charge in [-0.15, -0.1) is 0 Å². The van der Waals surface area contributed by atoms with Crippen molar-refractivity contribution in [1.29, 1.82) is 0 Å². The lowest BCUT2D eigenvalue weighted by atomic mass is 10.3. The van der Waals surface area contributed by atoms with Gasteiger partial charge < -0.3 is 15.5 Å². The average Bonchev–Trinajstić information content (AvgIpc) is 2.38. The SMILES string of the molecule is COCCCCNc1cc([N+](=O)[O-])cc(NN)n1.